The molecule has 0 heterocycles. The van der Waals surface area contributed by atoms with E-state index in [9.17, 15) is 29.1 Å². The van der Waals surface area contributed by atoms with Crippen molar-refractivity contribution in [1.82, 2.24) is 10.6 Å². The van der Waals surface area contributed by atoms with Gasteiger partial charge < -0.3 is 32.9 Å². The van der Waals surface area contributed by atoms with Gasteiger partial charge >= 0.3 is 5.97 Å². The summed E-state index contributed by atoms with van der Waals surface area (Å²) in [6, 6.07) is -3.67. The molecule has 0 spiro atoms. The SMILES string of the molecule is CC(C)CC(NC(=O)C(CCC(N)=O)NC(=O)C(N)CC(N)=O)C(=O)O. The molecule has 3 unspecified atom stereocenters. The molecule has 11 heteroatoms. The normalized spacial score (nSPS) is 14.2. The minimum atomic E-state index is -1.28. The van der Waals surface area contributed by atoms with Crippen molar-refractivity contribution in [3.05, 3.63) is 0 Å². The summed E-state index contributed by atoms with van der Waals surface area (Å²) in [6.45, 7) is 3.58. The van der Waals surface area contributed by atoms with Crippen molar-refractivity contribution in [2.24, 2.45) is 23.1 Å². The topological polar surface area (TPSA) is 208 Å². The van der Waals surface area contributed by atoms with E-state index < -0.39 is 54.1 Å². The average molecular weight is 373 g/mol. The zero-order valence-electron chi connectivity index (χ0n) is 14.9. The maximum absolute atomic E-state index is 12.4. The quantitative estimate of drug-likeness (QED) is 0.217. The summed E-state index contributed by atoms with van der Waals surface area (Å²) in [4.78, 5) is 57.4. The lowest BCUT2D eigenvalue weighted by molar-refractivity contribution is -0.143. The van der Waals surface area contributed by atoms with E-state index in [1.807, 2.05) is 0 Å². The van der Waals surface area contributed by atoms with Crippen LogP contribution >= 0.6 is 0 Å². The third-order valence-electron chi connectivity index (χ3n) is 3.39. The molecule has 0 aromatic carbocycles. The minimum Gasteiger partial charge on any atom is -0.480 e. The first-order valence-electron chi connectivity index (χ1n) is 8.09. The van der Waals surface area contributed by atoms with E-state index in [1.54, 1.807) is 13.8 Å². The Kier molecular flexibility index (Phi) is 9.89. The first-order valence-corrected chi connectivity index (χ1v) is 8.09. The van der Waals surface area contributed by atoms with Crippen molar-refractivity contribution < 1.29 is 29.1 Å². The highest BCUT2D eigenvalue weighted by atomic mass is 16.4. The fourth-order valence-corrected chi connectivity index (χ4v) is 2.11. The number of amides is 4. The number of carboxylic acids is 1. The molecule has 0 rings (SSSR count). The van der Waals surface area contributed by atoms with Gasteiger partial charge in [-0.15, -0.1) is 0 Å². The van der Waals surface area contributed by atoms with E-state index >= 15 is 0 Å². The minimum absolute atomic E-state index is 0.000880. The molecule has 0 saturated heterocycles. The molecule has 9 N–H and O–H groups in total. The molecule has 0 aromatic heterocycles. The lowest BCUT2D eigenvalue weighted by atomic mass is 10.0. The van der Waals surface area contributed by atoms with Crippen LogP contribution in [0.1, 0.15) is 39.5 Å². The summed E-state index contributed by atoms with van der Waals surface area (Å²) in [7, 11) is 0. The number of carbonyl (C=O) groups is 5. The second-order valence-electron chi connectivity index (χ2n) is 6.37. The molecule has 0 radical (unpaired) electrons. The number of carbonyl (C=O) groups excluding carboxylic acids is 4. The zero-order valence-corrected chi connectivity index (χ0v) is 14.9. The molecule has 3 atom stereocenters. The van der Waals surface area contributed by atoms with E-state index in [0.717, 1.165) is 0 Å². The highest BCUT2D eigenvalue weighted by Gasteiger charge is 2.28. The van der Waals surface area contributed by atoms with Gasteiger partial charge in [0.25, 0.3) is 0 Å². The summed E-state index contributed by atoms with van der Waals surface area (Å²) in [5.74, 6) is -4.34. The molecular weight excluding hydrogens is 346 g/mol. The van der Waals surface area contributed by atoms with Gasteiger partial charge in [0.15, 0.2) is 0 Å². The molecule has 0 saturated carbocycles. The van der Waals surface area contributed by atoms with Crippen LogP contribution < -0.4 is 27.8 Å². The van der Waals surface area contributed by atoms with Gasteiger partial charge in [-0.25, -0.2) is 4.79 Å². The molecule has 0 aliphatic heterocycles. The number of nitrogens with one attached hydrogen (secondary N) is 2. The maximum atomic E-state index is 12.4. The van der Waals surface area contributed by atoms with Gasteiger partial charge in [-0.2, -0.15) is 0 Å². The Morgan fingerprint density at radius 2 is 1.46 bits per heavy atom. The summed E-state index contributed by atoms with van der Waals surface area (Å²) in [5, 5.41) is 13.8. The van der Waals surface area contributed by atoms with Crippen molar-refractivity contribution in [2.75, 3.05) is 0 Å². The Balaban J connectivity index is 5.11. The molecule has 11 nitrogen and oxygen atoms in total. The van der Waals surface area contributed by atoms with Crippen molar-refractivity contribution in [3.8, 4) is 0 Å². The van der Waals surface area contributed by atoms with Crippen molar-refractivity contribution >= 4 is 29.6 Å². The summed E-state index contributed by atoms with van der Waals surface area (Å²) < 4.78 is 0. The largest absolute Gasteiger partial charge is 0.480 e. The Morgan fingerprint density at radius 1 is 0.923 bits per heavy atom. The van der Waals surface area contributed by atoms with Gasteiger partial charge in [-0.3, -0.25) is 19.2 Å². The molecule has 4 amide bonds. The molecule has 148 valence electrons. The van der Waals surface area contributed by atoms with E-state index in [0.29, 0.717) is 0 Å². The highest BCUT2D eigenvalue weighted by Crippen LogP contribution is 2.07. The van der Waals surface area contributed by atoms with Crippen LogP contribution in [-0.2, 0) is 24.0 Å². The van der Waals surface area contributed by atoms with E-state index in [-0.39, 0.29) is 25.2 Å². The van der Waals surface area contributed by atoms with Crippen LogP contribution in [0, 0.1) is 5.92 Å². The molecular formula is C15H27N5O6. The van der Waals surface area contributed by atoms with Gasteiger partial charge in [-0.1, -0.05) is 13.8 Å². The summed E-state index contributed by atoms with van der Waals surface area (Å²) in [6.07, 6.45) is -0.616. The Morgan fingerprint density at radius 3 is 1.88 bits per heavy atom. The van der Waals surface area contributed by atoms with Crippen LogP contribution in [-0.4, -0.2) is 52.8 Å². The highest BCUT2D eigenvalue weighted by molar-refractivity contribution is 5.93. The van der Waals surface area contributed by atoms with Gasteiger partial charge in [0.05, 0.1) is 12.5 Å². The standard InChI is InChI=1S/C15H27N5O6/c1-7(2)5-10(15(25)26)20-14(24)9(3-4-11(17)21)19-13(23)8(16)6-12(18)22/h7-10H,3-6,16H2,1-2H3,(H2,17,21)(H2,18,22)(H,19,23)(H,20,24)(H,25,26). The average Bonchev–Trinajstić information content (AvgIpc) is 2.48. The summed E-state index contributed by atoms with van der Waals surface area (Å²) >= 11 is 0. The van der Waals surface area contributed by atoms with Crippen LogP contribution in [0.5, 0.6) is 0 Å². The van der Waals surface area contributed by atoms with Crippen molar-refractivity contribution in [1.29, 1.82) is 0 Å². The number of primary amides is 2. The number of rotatable bonds is 12. The first-order chi connectivity index (χ1) is 11.9. The Hall–Kier alpha value is -2.69. The molecule has 0 fully saturated rings. The monoisotopic (exact) mass is 373 g/mol. The van der Waals surface area contributed by atoms with Crippen molar-refractivity contribution in [2.45, 2.75) is 57.7 Å². The maximum Gasteiger partial charge on any atom is 0.326 e. The van der Waals surface area contributed by atoms with E-state index in [2.05, 4.69) is 10.6 Å². The van der Waals surface area contributed by atoms with Gasteiger partial charge in [0.1, 0.15) is 12.1 Å². The fourth-order valence-electron chi connectivity index (χ4n) is 2.11. The first kappa shape index (κ1) is 23.3. The zero-order chi connectivity index (χ0) is 20.4. The Labute approximate surface area is 151 Å². The van der Waals surface area contributed by atoms with Crippen LogP contribution in [0.3, 0.4) is 0 Å². The second kappa shape index (κ2) is 11.0. The molecule has 0 aliphatic carbocycles. The lowest BCUT2D eigenvalue weighted by Gasteiger charge is -2.23. The molecule has 0 bridgehead atoms. The smallest absolute Gasteiger partial charge is 0.326 e. The van der Waals surface area contributed by atoms with Gasteiger partial charge in [0, 0.05) is 6.42 Å². The van der Waals surface area contributed by atoms with Crippen LogP contribution in [0.15, 0.2) is 0 Å². The third kappa shape index (κ3) is 9.57. The summed E-state index contributed by atoms with van der Waals surface area (Å²) in [5.41, 5.74) is 15.5. The number of hydrogen-bond donors (Lipinski definition) is 6. The van der Waals surface area contributed by atoms with Crippen LogP contribution in [0.2, 0.25) is 0 Å². The number of nitrogens with two attached hydrogens (primary N) is 3. The number of hydrogen-bond acceptors (Lipinski definition) is 6. The second-order valence-corrected chi connectivity index (χ2v) is 6.37. The third-order valence-corrected chi connectivity index (χ3v) is 3.39. The van der Waals surface area contributed by atoms with E-state index in [4.69, 9.17) is 17.2 Å². The predicted molar refractivity (Wildman–Crippen MR) is 91.2 cm³/mol. The molecule has 26 heavy (non-hydrogen) atoms. The number of carboxylic acid groups (broad SMARTS) is 1. The lowest BCUT2D eigenvalue weighted by Crippen LogP contribution is -2.55. The molecule has 0 aliphatic rings. The van der Waals surface area contributed by atoms with Crippen molar-refractivity contribution in [3.63, 3.8) is 0 Å². The van der Waals surface area contributed by atoms with E-state index in [1.165, 1.54) is 0 Å². The fraction of sp³-hybridized carbons (Fsp3) is 0.667. The predicted octanol–water partition coefficient (Wildman–Crippen LogP) is -2.45. The van der Waals surface area contributed by atoms with Crippen LogP contribution in [0.4, 0.5) is 0 Å². The van der Waals surface area contributed by atoms with Gasteiger partial charge in [-0.05, 0) is 18.8 Å². The van der Waals surface area contributed by atoms with Gasteiger partial charge in [0.2, 0.25) is 23.6 Å². The number of aliphatic carboxylic acids is 1. The Bertz CT molecular complexity index is 551. The molecule has 0 aromatic rings. The van der Waals surface area contributed by atoms with Crippen LogP contribution in [0.25, 0.3) is 0 Å².